The van der Waals surface area contributed by atoms with Crippen LogP contribution in [0.1, 0.15) is 20.8 Å². The topological polar surface area (TPSA) is 55.4 Å². The lowest BCUT2D eigenvalue weighted by atomic mass is 10.2. The molecule has 0 aliphatic carbocycles. The molecule has 0 aromatic rings. The van der Waals surface area contributed by atoms with Crippen LogP contribution in [0.25, 0.3) is 0 Å². The van der Waals surface area contributed by atoms with Crippen molar-refractivity contribution in [2.45, 2.75) is 32.0 Å². The van der Waals surface area contributed by atoms with E-state index >= 15 is 0 Å². The van der Waals surface area contributed by atoms with Crippen molar-refractivity contribution < 1.29 is 14.3 Å². The van der Waals surface area contributed by atoms with Gasteiger partial charge >= 0.3 is 5.97 Å². The second-order valence-electron chi connectivity index (χ2n) is 4.21. The van der Waals surface area contributed by atoms with Gasteiger partial charge in [-0.25, -0.2) is 0 Å². The number of ether oxygens (including phenoxy) is 1. The van der Waals surface area contributed by atoms with Gasteiger partial charge in [-0.15, -0.1) is 0 Å². The second-order valence-corrected chi connectivity index (χ2v) is 5.70. The summed E-state index contributed by atoms with van der Waals surface area (Å²) >= 11 is 0. The van der Waals surface area contributed by atoms with E-state index in [0.717, 1.165) is 6.16 Å². The molecular weight excluding hydrogens is 201 g/mol. The number of nitrogens with one attached hydrogen (secondary N) is 1. The Morgan fingerprint density at radius 2 is 2.21 bits per heavy atom. The third-order valence-electron chi connectivity index (χ3n) is 1.68. The van der Waals surface area contributed by atoms with E-state index in [1.54, 1.807) is 20.8 Å². The van der Waals surface area contributed by atoms with E-state index in [2.05, 4.69) is 5.32 Å². The number of hydrogen-bond donors (Lipinski definition) is 1. The monoisotopic (exact) mass is 217 g/mol. The molecular formula is C9H16NO3P. The average molecular weight is 217 g/mol. The Morgan fingerprint density at radius 1 is 1.57 bits per heavy atom. The van der Waals surface area contributed by atoms with Crippen LogP contribution in [0.3, 0.4) is 0 Å². The highest BCUT2D eigenvalue weighted by atomic mass is 31.1. The van der Waals surface area contributed by atoms with Gasteiger partial charge < -0.3 is 10.1 Å². The van der Waals surface area contributed by atoms with E-state index in [9.17, 15) is 9.59 Å². The summed E-state index contributed by atoms with van der Waals surface area (Å²) in [6, 6.07) is 0. The van der Waals surface area contributed by atoms with Gasteiger partial charge in [0.1, 0.15) is 5.60 Å². The predicted octanol–water partition coefficient (Wildman–Crippen LogP) is 0.505. The zero-order valence-electron chi connectivity index (χ0n) is 8.72. The van der Waals surface area contributed by atoms with Gasteiger partial charge in [-0.2, -0.15) is 0 Å². The molecule has 80 valence electrons. The molecule has 1 aliphatic heterocycles. The third-order valence-corrected chi connectivity index (χ3v) is 3.12. The molecule has 0 spiro atoms. The van der Waals surface area contributed by atoms with Crippen LogP contribution in [0, 0.1) is 0 Å². The third kappa shape index (κ3) is 3.26. The standard InChI is InChI=1S/C9H16NO3P/c1-9(2,3)13-8(12)6-7(11)10-4-5-14-6/h6,14H,4-5H2,1-3H3,(H,10,11). The Bertz CT molecular complexity index is 247. The van der Waals surface area contributed by atoms with Crippen molar-refractivity contribution in [2.24, 2.45) is 0 Å². The number of carbonyl (C=O) groups is 2. The highest BCUT2D eigenvalue weighted by molar-refractivity contribution is 7.42. The molecule has 0 radical (unpaired) electrons. The maximum atomic E-state index is 11.5. The summed E-state index contributed by atoms with van der Waals surface area (Å²) < 4.78 is 5.15. The van der Waals surface area contributed by atoms with Crippen molar-refractivity contribution in [1.82, 2.24) is 5.32 Å². The van der Waals surface area contributed by atoms with Crippen molar-refractivity contribution in [2.75, 3.05) is 12.7 Å². The summed E-state index contributed by atoms with van der Waals surface area (Å²) in [7, 11) is 0.353. The molecule has 0 aromatic heterocycles. The van der Waals surface area contributed by atoms with Crippen LogP contribution >= 0.6 is 8.58 Å². The van der Waals surface area contributed by atoms with Crippen LogP contribution in [0.15, 0.2) is 0 Å². The summed E-state index contributed by atoms with van der Waals surface area (Å²) in [5.41, 5.74) is -1.10. The molecule has 4 nitrogen and oxygen atoms in total. The maximum absolute atomic E-state index is 11.5. The highest BCUT2D eigenvalue weighted by Crippen LogP contribution is 2.24. The minimum absolute atomic E-state index is 0.191. The fraction of sp³-hybridized carbons (Fsp3) is 0.778. The Kier molecular flexibility index (Phi) is 3.48. The average Bonchev–Trinajstić information content (AvgIpc) is 2.01. The van der Waals surface area contributed by atoms with Gasteiger partial charge in [0.05, 0.1) is 0 Å². The molecule has 0 aromatic carbocycles. The quantitative estimate of drug-likeness (QED) is 0.395. The van der Waals surface area contributed by atoms with Crippen LogP contribution in [0.5, 0.6) is 0 Å². The van der Waals surface area contributed by atoms with Crippen molar-refractivity contribution in [3.8, 4) is 0 Å². The number of carbonyl (C=O) groups excluding carboxylic acids is 2. The van der Waals surface area contributed by atoms with Gasteiger partial charge in [-0.05, 0) is 26.9 Å². The maximum Gasteiger partial charge on any atom is 0.323 e. The van der Waals surface area contributed by atoms with Crippen LogP contribution in [0.2, 0.25) is 0 Å². The summed E-state index contributed by atoms with van der Waals surface area (Å²) in [5.74, 6) is -0.586. The number of rotatable bonds is 1. The van der Waals surface area contributed by atoms with Crippen molar-refractivity contribution in [1.29, 1.82) is 0 Å². The van der Waals surface area contributed by atoms with Gasteiger partial charge in [-0.3, -0.25) is 9.59 Å². The molecule has 1 heterocycles. The SMILES string of the molecule is CC(C)(C)OC(=O)C1PCCNC1=O. The first kappa shape index (κ1) is 11.4. The summed E-state index contributed by atoms with van der Waals surface area (Å²) in [6.45, 7) is 6.08. The molecule has 5 heteroatoms. The van der Waals surface area contributed by atoms with Crippen LogP contribution in [-0.4, -0.2) is 35.8 Å². The molecule has 0 bridgehead atoms. The lowest BCUT2D eigenvalue weighted by Gasteiger charge is -2.25. The zero-order valence-corrected chi connectivity index (χ0v) is 9.72. The molecule has 1 N–H and O–H groups in total. The zero-order chi connectivity index (χ0) is 10.8. The summed E-state index contributed by atoms with van der Waals surface area (Å²) in [4.78, 5) is 22.9. The van der Waals surface area contributed by atoms with E-state index in [0.29, 0.717) is 15.1 Å². The van der Waals surface area contributed by atoms with E-state index in [-0.39, 0.29) is 5.91 Å². The van der Waals surface area contributed by atoms with Gasteiger partial charge in [0.25, 0.3) is 0 Å². The van der Waals surface area contributed by atoms with Gasteiger partial charge in [0, 0.05) is 6.54 Å². The molecule has 2 atom stereocenters. The predicted molar refractivity (Wildman–Crippen MR) is 55.8 cm³/mol. The Morgan fingerprint density at radius 3 is 2.71 bits per heavy atom. The van der Waals surface area contributed by atoms with Crippen LogP contribution in [-0.2, 0) is 14.3 Å². The molecule has 14 heavy (non-hydrogen) atoms. The normalized spacial score (nSPS) is 24.5. The van der Waals surface area contributed by atoms with Crippen molar-refractivity contribution in [3.63, 3.8) is 0 Å². The first-order valence-electron chi connectivity index (χ1n) is 4.64. The molecule has 0 saturated carbocycles. The Hall–Kier alpha value is -0.630. The smallest absolute Gasteiger partial charge is 0.323 e. The number of hydrogen-bond acceptors (Lipinski definition) is 3. The molecule has 1 rings (SSSR count). The lowest BCUT2D eigenvalue weighted by molar-refractivity contribution is -0.155. The van der Waals surface area contributed by atoms with Crippen molar-refractivity contribution in [3.05, 3.63) is 0 Å². The Labute approximate surface area is 85.6 Å². The van der Waals surface area contributed by atoms with E-state index < -0.39 is 17.2 Å². The lowest BCUT2D eigenvalue weighted by Crippen LogP contribution is -2.44. The fourth-order valence-corrected chi connectivity index (χ4v) is 2.22. The van der Waals surface area contributed by atoms with Gasteiger partial charge in [0.15, 0.2) is 5.66 Å². The highest BCUT2D eigenvalue weighted by Gasteiger charge is 2.32. The van der Waals surface area contributed by atoms with E-state index in [1.807, 2.05) is 0 Å². The fourth-order valence-electron chi connectivity index (χ4n) is 1.15. The number of esters is 1. The van der Waals surface area contributed by atoms with E-state index in [1.165, 1.54) is 0 Å². The first-order chi connectivity index (χ1) is 6.40. The minimum Gasteiger partial charge on any atom is -0.459 e. The molecule has 1 fully saturated rings. The summed E-state index contributed by atoms with van der Waals surface area (Å²) in [5, 5.41) is 2.67. The molecule has 1 saturated heterocycles. The summed E-state index contributed by atoms with van der Waals surface area (Å²) in [6.07, 6.45) is 0.871. The Balaban J connectivity index is 2.55. The molecule has 1 amide bonds. The van der Waals surface area contributed by atoms with E-state index in [4.69, 9.17) is 4.74 Å². The number of amides is 1. The van der Waals surface area contributed by atoms with Gasteiger partial charge in [0.2, 0.25) is 5.91 Å². The first-order valence-corrected chi connectivity index (χ1v) is 5.92. The van der Waals surface area contributed by atoms with Gasteiger partial charge in [-0.1, -0.05) is 8.58 Å². The van der Waals surface area contributed by atoms with Crippen LogP contribution < -0.4 is 5.32 Å². The minimum atomic E-state index is -0.581. The molecule has 2 unspecified atom stereocenters. The van der Waals surface area contributed by atoms with Crippen LogP contribution in [0.4, 0.5) is 0 Å². The van der Waals surface area contributed by atoms with Crippen molar-refractivity contribution >= 4 is 20.5 Å². The molecule has 1 aliphatic rings. The largest absolute Gasteiger partial charge is 0.459 e. The second kappa shape index (κ2) is 4.26.